The first-order chi connectivity index (χ1) is 17.2. The molecule has 3 rings (SSSR count). The van der Waals surface area contributed by atoms with Crippen molar-refractivity contribution in [3.05, 3.63) is 101 Å². The Morgan fingerprint density at radius 3 is 2.17 bits per heavy atom. The Bertz CT molecular complexity index is 1140. The zero-order chi connectivity index (χ0) is 26.1. The van der Waals surface area contributed by atoms with Gasteiger partial charge in [0.2, 0.25) is 5.91 Å². The summed E-state index contributed by atoms with van der Waals surface area (Å²) in [6.45, 7) is 7.85. The molecule has 0 heterocycles. The second-order valence-corrected chi connectivity index (χ2v) is 10.3. The van der Waals surface area contributed by atoms with Crippen LogP contribution < -0.4 is 10.1 Å². The number of hydrogen-bond acceptors (Lipinski definition) is 3. The van der Waals surface area contributed by atoms with Gasteiger partial charge >= 0.3 is 0 Å². The van der Waals surface area contributed by atoms with Gasteiger partial charge in [-0.2, -0.15) is 0 Å². The van der Waals surface area contributed by atoms with E-state index in [1.807, 2.05) is 93.6 Å². The number of benzene rings is 3. The summed E-state index contributed by atoms with van der Waals surface area (Å²) in [6, 6.07) is 24.0. The summed E-state index contributed by atoms with van der Waals surface area (Å²) in [4.78, 5) is 28.8. The lowest BCUT2D eigenvalue weighted by Gasteiger charge is -2.34. The van der Waals surface area contributed by atoms with Crippen molar-refractivity contribution in [2.75, 3.05) is 6.61 Å². The minimum Gasteiger partial charge on any atom is -0.484 e. The zero-order valence-corrected chi connectivity index (χ0v) is 22.2. The van der Waals surface area contributed by atoms with Crippen molar-refractivity contribution in [1.82, 2.24) is 10.2 Å². The smallest absolute Gasteiger partial charge is 0.261 e. The molecule has 2 amide bonds. The van der Waals surface area contributed by atoms with Crippen molar-refractivity contribution in [2.24, 2.45) is 0 Å². The maximum Gasteiger partial charge on any atom is 0.261 e. The lowest BCUT2D eigenvalue weighted by molar-refractivity contribution is -0.143. The van der Waals surface area contributed by atoms with Crippen LogP contribution in [0.25, 0.3) is 0 Å². The molecule has 1 atom stereocenters. The van der Waals surface area contributed by atoms with Crippen molar-refractivity contribution in [2.45, 2.75) is 58.7 Å². The van der Waals surface area contributed by atoms with Gasteiger partial charge in [0.1, 0.15) is 11.8 Å². The molecule has 0 bridgehead atoms. The van der Waals surface area contributed by atoms with Crippen molar-refractivity contribution in [3.8, 4) is 5.75 Å². The van der Waals surface area contributed by atoms with Crippen molar-refractivity contribution >= 4 is 23.4 Å². The molecule has 0 fully saturated rings. The molecule has 190 valence electrons. The Morgan fingerprint density at radius 1 is 0.917 bits per heavy atom. The predicted octanol–water partition coefficient (Wildman–Crippen LogP) is 5.84. The Labute approximate surface area is 219 Å². The van der Waals surface area contributed by atoms with Crippen LogP contribution in [-0.4, -0.2) is 34.9 Å². The van der Waals surface area contributed by atoms with Crippen LogP contribution in [0.4, 0.5) is 0 Å². The normalized spacial score (nSPS) is 12.0. The number of amides is 2. The van der Waals surface area contributed by atoms with Gasteiger partial charge in [-0.15, -0.1) is 0 Å². The molecule has 36 heavy (non-hydrogen) atoms. The van der Waals surface area contributed by atoms with Crippen LogP contribution in [0.1, 0.15) is 44.4 Å². The average molecular weight is 507 g/mol. The van der Waals surface area contributed by atoms with Gasteiger partial charge in [0.25, 0.3) is 5.91 Å². The summed E-state index contributed by atoms with van der Waals surface area (Å²) in [5.74, 6) is 0.0931. The molecule has 0 aliphatic carbocycles. The first kappa shape index (κ1) is 27.3. The summed E-state index contributed by atoms with van der Waals surface area (Å²) < 4.78 is 5.84. The standard InChI is InChI=1S/C30H35ClN2O3/c1-5-22-15-17-25(18-16-22)36-21-28(34)33(20-24-13-9-10-14-26(24)31)27(29(35)32-30(2,3)4)19-23-11-7-6-8-12-23/h6-18,27H,5,19-21H2,1-4H3,(H,32,35)/t27-/m0/s1. The number of ether oxygens (including phenoxy) is 1. The number of halogens is 1. The minimum absolute atomic E-state index is 0.186. The van der Waals surface area contributed by atoms with Gasteiger partial charge in [0, 0.05) is 23.5 Å². The van der Waals surface area contributed by atoms with E-state index in [0.717, 1.165) is 17.5 Å². The summed E-state index contributed by atoms with van der Waals surface area (Å²) in [5.41, 5.74) is 2.46. The van der Waals surface area contributed by atoms with E-state index in [-0.39, 0.29) is 25.0 Å². The molecule has 0 saturated heterocycles. The monoisotopic (exact) mass is 506 g/mol. The highest BCUT2D eigenvalue weighted by molar-refractivity contribution is 6.31. The van der Waals surface area contributed by atoms with Gasteiger partial charge in [-0.3, -0.25) is 9.59 Å². The molecule has 3 aromatic rings. The van der Waals surface area contributed by atoms with Crippen molar-refractivity contribution < 1.29 is 14.3 Å². The van der Waals surface area contributed by atoms with E-state index in [1.54, 1.807) is 11.0 Å². The molecule has 3 aromatic carbocycles. The van der Waals surface area contributed by atoms with Gasteiger partial charge in [0.05, 0.1) is 0 Å². The van der Waals surface area contributed by atoms with Crippen LogP contribution >= 0.6 is 11.6 Å². The van der Waals surface area contributed by atoms with Crippen LogP contribution in [0, 0.1) is 0 Å². The van der Waals surface area contributed by atoms with Crippen LogP contribution in [0.15, 0.2) is 78.9 Å². The van der Waals surface area contributed by atoms with E-state index in [0.29, 0.717) is 17.2 Å². The second kappa shape index (κ2) is 12.6. The van der Waals surface area contributed by atoms with E-state index in [1.165, 1.54) is 5.56 Å². The van der Waals surface area contributed by atoms with Gasteiger partial charge in [-0.1, -0.05) is 79.2 Å². The predicted molar refractivity (Wildman–Crippen MR) is 145 cm³/mol. The van der Waals surface area contributed by atoms with E-state index in [4.69, 9.17) is 16.3 Å². The van der Waals surface area contributed by atoms with E-state index in [2.05, 4.69) is 12.2 Å². The van der Waals surface area contributed by atoms with Crippen molar-refractivity contribution in [3.63, 3.8) is 0 Å². The first-order valence-electron chi connectivity index (χ1n) is 12.3. The molecule has 0 aliphatic rings. The first-order valence-corrected chi connectivity index (χ1v) is 12.6. The average Bonchev–Trinajstić information content (AvgIpc) is 2.85. The van der Waals surface area contributed by atoms with Gasteiger partial charge in [-0.05, 0) is 62.1 Å². The molecular formula is C30H35ClN2O3. The third-order valence-electron chi connectivity index (χ3n) is 5.76. The number of rotatable bonds is 10. The van der Waals surface area contributed by atoms with Gasteiger partial charge in [0.15, 0.2) is 6.61 Å². The highest BCUT2D eigenvalue weighted by atomic mass is 35.5. The number of nitrogens with one attached hydrogen (secondary N) is 1. The maximum atomic E-state index is 13.6. The summed E-state index contributed by atoms with van der Waals surface area (Å²) in [5, 5.41) is 3.60. The Balaban J connectivity index is 1.92. The van der Waals surface area contributed by atoms with Gasteiger partial charge in [-0.25, -0.2) is 0 Å². The molecule has 0 aliphatic heterocycles. The lowest BCUT2D eigenvalue weighted by atomic mass is 10.0. The number of carbonyl (C=O) groups excluding carboxylic acids is 2. The molecule has 0 spiro atoms. The zero-order valence-electron chi connectivity index (χ0n) is 21.5. The fourth-order valence-corrected chi connectivity index (χ4v) is 4.06. The molecule has 1 N–H and O–H groups in total. The van der Waals surface area contributed by atoms with Crippen LogP contribution in [0.3, 0.4) is 0 Å². The number of nitrogens with zero attached hydrogens (tertiary/aromatic N) is 1. The summed E-state index contributed by atoms with van der Waals surface area (Å²) in [6.07, 6.45) is 1.29. The SMILES string of the molecule is CCc1ccc(OCC(=O)N(Cc2ccccc2Cl)[C@@H](Cc2ccccc2)C(=O)NC(C)(C)C)cc1. The van der Waals surface area contributed by atoms with Crippen LogP contribution in [0.5, 0.6) is 5.75 Å². The highest BCUT2D eigenvalue weighted by Gasteiger charge is 2.32. The van der Waals surface area contributed by atoms with E-state index >= 15 is 0 Å². The largest absolute Gasteiger partial charge is 0.484 e. The second-order valence-electron chi connectivity index (χ2n) is 9.84. The third-order valence-corrected chi connectivity index (χ3v) is 6.13. The quantitative estimate of drug-likeness (QED) is 0.376. The topological polar surface area (TPSA) is 58.6 Å². The molecule has 0 radical (unpaired) electrons. The minimum atomic E-state index is -0.749. The summed E-state index contributed by atoms with van der Waals surface area (Å²) >= 11 is 6.46. The molecule has 0 unspecified atom stereocenters. The number of hydrogen-bond donors (Lipinski definition) is 1. The lowest BCUT2D eigenvalue weighted by Crippen LogP contribution is -2.55. The van der Waals surface area contributed by atoms with E-state index in [9.17, 15) is 9.59 Å². The molecule has 0 saturated carbocycles. The van der Waals surface area contributed by atoms with E-state index < -0.39 is 11.6 Å². The molecule has 6 heteroatoms. The highest BCUT2D eigenvalue weighted by Crippen LogP contribution is 2.21. The molecule has 0 aromatic heterocycles. The van der Waals surface area contributed by atoms with Crippen LogP contribution in [0.2, 0.25) is 5.02 Å². The maximum absolute atomic E-state index is 13.6. The number of aryl methyl sites for hydroxylation is 1. The Hall–Kier alpha value is -3.31. The fourth-order valence-electron chi connectivity index (χ4n) is 3.87. The van der Waals surface area contributed by atoms with Crippen LogP contribution in [-0.2, 0) is 29.0 Å². The van der Waals surface area contributed by atoms with Gasteiger partial charge < -0.3 is 15.0 Å². The van der Waals surface area contributed by atoms with Crippen molar-refractivity contribution in [1.29, 1.82) is 0 Å². The third kappa shape index (κ3) is 8.13. The Morgan fingerprint density at radius 2 is 1.56 bits per heavy atom. The number of carbonyl (C=O) groups is 2. The summed E-state index contributed by atoms with van der Waals surface area (Å²) in [7, 11) is 0. The Kier molecular flexibility index (Phi) is 9.54. The molecule has 5 nitrogen and oxygen atoms in total. The fraction of sp³-hybridized carbons (Fsp3) is 0.333. The molecular weight excluding hydrogens is 472 g/mol.